The van der Waals surface area contributed by atoms with Crippen LogP contribution >= 0.6 is 0 Å². The van der Waals surface area contributed by atoms with Gasteiger partial charge in [-0.3, -0.25) is 9.59 Å². The molecule has 0 bridgehead atoms. The van der Waals surface area contributed by atoms with Crippen LogP contribution in [0.25, 0.3) is 28.1 Å². The number of rotatable bonds is 8. The maximum Gasteiger partial charge on any atom is 0.309 e. The number of methoxy groups -OCH3 is 2. The lowest BCUT2D eigenvalue weighted by molar-refractivity contribution is -0.132. The van der Waals surface area contributed by atoms with Gasteiger partial charge in [0.05, 0.1) is 25.5 Å². The lowest BCUT2D eigenvalue weighted by Crippen LogP contribution is -2.11. The average molecular weight is 548 g/mol. The van der Waals surface area contributed by atoms with Gasteiger partial charge in [-0.15, -0.1) is 0 Å². The van der Waals surface area contributed by atoms with Crippen molar-refractivity contribution >= 4 is 17.6 Å². The number of aromatic nitrogens is 2. The van der Waals surface area contributed by atoms with Gasteiger partial charge in [-0.05, 0) is 84.8 Å². The number of hydrogen-bond donors (Lipinski definition) is 1. The van der Waals surface area contributed by atoms with E-state index in [1.54, 1.807) is 55.3 Å². The zero-order valence-corrected chi connectivity index (χ0v) is 23.2. The van der Waals surface area contributed by atoms with Crippen molar-refractivity contribution in [3.05, 3.63) is 108 Å². The van der Waals surface area contributed by atoms with Crippen LogP contribution in [0.15, 0.2) is 97.1 Å². The third kappa shape index (κ3) is 5.81. The molecule has 0 aliphatic heterocycles. The van der Waals surface area contributed by atoms with E-state index in [0.29, 0.717) is 39.9 Å². The SMILES string of the molecule is COc1ccc(C(=O)Nc2ccc(-c3c(-c4ccc(OC)cc4)nn(-c4ccccc4C)c3OC(C)=O)cc2)cc1. The van der Waals surface area contributed by atoms with E-state index in [-0.39, 0.29) is 5.91 Å². The number of ether oxygens (including phenoxy) is 3. The summed E-state index contributed by atoms with van der Waals surface area (Å²) in [5.41, 5.74) is 5.71. The Kier molecular flexibility index (Phi) is 7.83. The number of para-hydroxylation sites is 1. The lowest BCUT2D eigenvalue weighted by atomic mass is 10.0. The zero-order valence-electron chi connectivity index (χ0n) is 23.2. The summed E-state index contributed by atoms with van der Waals surface area (Å²) in [4.78, 5) is 25.1. The highest BCUT2D eigenvalue weighted by atomic mass is 16.5. The first kappa shape index (κ1) is 27.2. The molecule has 0 fully saturated rings. The molecule has 1 N–H and O–H groups in total. The lowest BCUT2D eigenvalue weighted by Gasteiger charge is -2.12. The van der Waals surface area contributed by atoms with Crippen LogP contribution in [0.3, 0.4) is 0 Å². The summed E-state index contributed by atoms with van der Waals surface area (Å²) in [7, 11) is 3.19. The molecule has 1 aromatic heterocycles. The highest BCUT2D eigenvalue weighted by Gasteiger charge is 2.25. The Bertz CT molecular complexity index is 1690. The molecule has 8 nitrogen and oxygen atoms in total. The topological polar surface area (TPSA) is 91.7 Å². The molecule has 4 aromatic carbocycles. The first-order valence-corrected chi connectivity index (χ1v) is 13.0. The minimum absolute atomic E-state index is 0.243. The highest BCUT2D eigenvalue weighted by molar-refractivity contribution is 6.04. The molecule has 0 unspecified atom stereocenters. The number of nitrogens with one attached hydrogen (secondary N) is 1. The maximum absolute atomic E-state index is 12.8. The van der Waals surface area contributed by atoms with Crippen molar-refractivity contribution in [1.29, 1.82) is 0 Å². The van der Waals surface area contributed by atoms with Gasteiger partial charge in [0.15, 0.2) is 0 Å². The van der Waals surface area contributed by atoms with E-state index in [1.165, 1.54) is 6.92 Å². The predicted octanol–water partition coefficient (Wildman–Crippen LogP) is 6.71. The van der Waals surface area contributed by atoms with Crippen molar-refractivity contribution in [3.8, 4) is 45.5 Å². The van der Waals surface area contributed by atoms with Crippen LogP contribution in [-0.2, 0) is 4.79 Å². The van der Waals surface area contributed by atoms with Crippen LogP contribution in [0.2, 0.25) is 0 Å². The Hall–Kier alpha value is -5.37. The van der Waals surface area contributed by atoms with Crippen LogP contribution in [-0.4, -0.2) is 35.9 Å². The highest BCUT2D eigenvalue weighted by Crippen LogP contribution is 2.42. The van der Waals surface area contributed by atoms with Crippen LogP contribution < -0.4 is 19.5 Å². The summed E-state index contributed by atoms with van der Waals surface area (Å²) >= 11 is 0. The third-order valence-corrected chi connectivity index (χ3v) is 6.57. The quantitative estimate of drug-likeness (QED) is 0.217. The van der Waals surface area contributed by atoms with E-state index in [0.717, 1.165) is 22.4 Å². The van der Waals surface area contributed by atoms with Crippen molar-refractivity contribution in [2.75, 3.05) is 19.5 Å². The van der Waals surface area contributed by atoms with E-state index in [2.05, 4.69) is 5.32 Å². The number of aryl methyl sites for hydroxylation is 1. The number of benzene rings is 4. The largest absolute Gasteiger partial charge is 0.497 e. The Morgan fingerprint density at radius 1 is 0.756 bits per heavy atom. The number of anilines is 1. The van der Waals surface area contributed by atoms with Gasteiger partial charge in [-0.1, -0.05) is 30.3 Å². The minimum Gasteiger partial charge on any atom is -0.497 e. The van der Waals surface area contributed by atoms with E-state index >= 15 is 0 Å². The van der Waals surface area contributed by atoms with Gasteiger partial charge in [0, 0.05) is 23.7 Å². The van der Waals surface area contributed by atoms with Crippen molar-refractivity contribution in [1.82, 2.24) is 9.78 Å². The number of carbonyl (C=O) groups is 2. The molecular formula is C33H29N3O5. The number of carbonyl (C=O) groups excluding carboxylic acids is 2. The molecule has 1 heterocycles. The molecule has 5 aromatic rings. The molecule has 0 aliphatic rings. The Balaban J connectivity index is 1.59. The van der Waals surface area contributed by atoms with E-state index < -0.39 is 5.97 Å². The summed E-state index contributed by atoms with van der Waals surface area (Å²) in [6, 6.07) is 29.5. The van der Waals surface area contributed by atoms with Crippen molar-refractivity contribution < 1.29 is 23.8 Å². The second-order valence-electron chi connectivity index (χ2n) is 9.31. The van der Waals surface area contributed by atoms with Crippen LogP contribution in [0.1, 0.15) is 22.8 Å². The standard InChI is InChI=1S/C33H29N3O5/c1-21-7-5-6-8-29(21)36-33(41-22(2)37)30(31(35-36)24-11-17-27(39-3)18-12-24)23-9-15-26(16-10-23)34-32(38)25-13-19-28(40-4)20-14-25/h5-20H,1-4H3,(H,34,38). The van der Waals surface area contributed by atoms with Gasteiger partial charge in [-0.25, -0.2) is 0 Å². The van der Waals surface area contributed by atoms with Crippen molar-refractivity contribution in [2.24, 2.45) is 0 Å². The number of esters is 1. The normalized spacial score (nSPS) is 10.6. The predicted molar refractivity (Wildman–Crippen MR) is 158 cm³/mol. The molecular weight excluding hydrogens is 518 g/mol. The molecule has 206 valence electrons. The minimum atomic E-state index is -0.467. The van der Waals surface area contributed by atoms with Crippen molar-refractivity contribution in [2.45, 2.75) is 13.8 Å². The fraction of sp³-hybridized carbons (Fsp3) is 0.121. The number of hydrogen-bond acceptors (Lipinski definition) is 6. The van der Waals surface area contributed by atoms with Crippen molar-refractivity contribution in [3.63, 3.8) is 0 Å². The second-order valence-corrected chi connectivity index (χ2v) is 9.31. The molecule has 0 aliphatic carbocycles. The monoisotopic (exact) mass is 547 g/mol. The summed E-state index contributed by atoms with van der Waals surface area (Å²) in [6.45, 7) is 3.34. The summed E-state index contributed by atoms with van der Waals surface area (Å²) < 4.78 is 18.0. The molecule has 0 radical (unpaired) electrons. The summed E-state index contributed by atoms with van der Waals surface area (Å²) in [5.74, 6) is 0.977. The number of nitrogens with zero attached hydrogens (tertiary/aromatic N) is 2. The molecule has 0 atom stereocenters. The van der Waals surface area contributed by atoms with E-state index in [9.17, 15) is 9.59 Å². The molecule has 0 spiro atoms. The number of amides is 1. The van der Waals surface area contributed by atoms with Crippen LogP contribution in [0.5, 0.6) is 17.4 Å². The van der Waals surface area contributed by atoms with E-state index in [4.69, 9.17) is 19.3 Å². The average Bonchev–Trinajstić information content (AvgIpc) is 3.35. The van der Waals surface area contributed by atoms with Crippen LogP contribution in [0, 0.1) is 6.92 Å². The Morgan fingerprint density at radius 3 is 1.93 bits per heavy atom. The van der Waals surface area contributed by atoms with Gasteiger partial charge < -0.3 is 19.5 Å². The zero-order chi connectivity index (χ0) is 28.9. The van der Waals surface area contributed by atoms with Gasteiger partial charge >= 0.3 is 5.97 Å². The molecule has 0 saturated heterocycles. The molecule has 1 amide bonds. The van der Waals surface area contributed by atoms with Gasteiger partial charge in [-0.2, -0.15) is 9.78 Å². The first-order valence-electron chi connectivity index (χ1n) is 13.0. The first-order chi connectivity index (χ1) is 19.9. The smallest absolute Gasteiger partial charge is 0.309 e. The van der Waals surface area contributed by atoms with Gasteiger partial charge in [0.1, 0.15) is 17.2 Å². The van der Waals surface area contributed by atoms with Crippen LogP contribution in [0.4, 0.5) is 5.69 Å². The fourth-order valence-electron chi connectivity index (χ4n) is 4.47. The van der Waals surface area contributed by atoms with E-state index in [1.807, 2.05) is 67.6 Å². The van der Waals surface area contributed by atoms with Gasteiger partial charge in [0.2, 0.25) is 5.88 Å². The molecule has 41 heavy (non-hydrogen) atoms. The van der Waals surface area contributed by atoms with Gasteiger partial charge in [0.25, 0.3) is 5.91 Å². The Morgan fingerprint density at radius 2 is 1.34 bits per heavy atom. The maximum atomic E-state index is 12.8. The molecule has 0 saturated carbocycles. The summed E-state index contributed by atoms with van der Waals surface area (Å²) in [5, 5.41) is 7.86. The third-order valence-electron chi connectivity index (χ3n) is 6.57. The Labute approximate surface area is 238 Å². The summed E-state index contributed by atoms with van der Waals surface area (Å²) in [6.07, 6.45) is 0. The fourth-order valence-corrected chi connectivity index (χ4v) is 4.47. The molecule has 8 heteroatoms. The second kappa shape index (κ2) is 11.8. The molecule has 5 rings (SSSR count).